The number of nitrogens with zero attached hydrogens (tertiary/aromatic N) is 6. The van der Waals surface area contributed by atoms with Crippen LogP contribution in [0.1, 0.15) is 123 Å². The topological polar surface area (TPSA) is 228 Å². The number of carbonyl (C=O) groups is 5. The molecule has 6 heterocycles. The summed E-state index contributed by atoms with van der Waals surface area (Å²) in [5.41, 5.74) is 7.64. The van der Waals surface area contributed by atoms with Crippen LogP contribution in [0, 0.1) is 12.7 Å². The molecule has 2 atom stereocenters. The molecule has 0 radical (unpaired) electrons. The van der Waals surface area contributed by atoms with Gasteiger partial charge in [-0.2, -0.15) is 4.98 Å². The van der Waals surface area contributed by atoms with Crippen LogP contribution in [0.3, 0.4) is 0 Å². The second kappa shape index (κ2) is 16.5. The maximum Gasteiger partial charge on any atom is 0.269 e. The number of piperazine rings is 1. The number of nitrogens with two attached hydrogens (primary N) is 1. The van der Waals surface area contributed by atoms with E-state index in [0.717, 1.165) is 37.3 Å². The largest absolute Gasteiger partial charge is 0.490 e. The van der Waals surface area contributed by atoms with E-state index in [-0.39, 0.29) is 58.9 Å². The number of imide groups is 2. The van der Waals surface area contributed by atoms with Crippen molar-refractivity contribution in [1.82, 2.24) is 41.2 Å². The molecule has 61 heavy (non-hydrogen) atoms. The fourth-order valence-electron chi connectivity index (χ4n) is 9.76. The van der Waals surface area contributed by atoms with Crippen molar-refractivity contribution in [2.24, 2.45) is 5.73 Å². The summed E-state index contributed by atoms with van der Waals surface area (Å²) in [6, 6.07) is 7.86. The van der Waals surface area contributed by atoms with Crippen molar-refractivity contribution in [2.75, 3.05) is 37.6 Å². The third kappa shape index (κ3) is 7.83. The first-order valence-electron chi connectivity index (χ1n) is 20.6. The van der Waals surface area contributed by atoms with Crippen LogP contribution in [0.25, 0.3) is 11.4 Å². The molecule has 4 aromatic rings. The van der Waals surface area contributed by atoms with Gasteiger partial charge < -0.3 is 25.2 Å². The number of aryl methyl sites for hydroxylation is 1. The molecule has 5 N–H and O–H groups in total. The number of rotatable bonds is 9. The molecular formula is C42H44ClFN10O7. The zero-order valence-corrected chi connectivity index (χ0v) is 34.1. The second-order valence-electron chi connectivity index (χ2n) is 16.3. The van der Waals surface area contributed by atoms with Crippen molar-refractivity contribution in [1.29, 1.82) is 0 Å². The highest BCUT2D eigenvalue weighted by Gasteiger charge is 2.44. The minimum absolute atomic E-state index is 0.00138. The summed E-state index contributed by atoms with van der Waals surface area (Å²) >= 11 is 6.55. The molecule has 1 saturated carbocycles. The molecule has 318 valence electrons. The van der Waals surface area contributed by atoms with Gasteiger partial charge >= 0.3 is 0 Å². The molecule has 4 aliphatic heterocycles. The van der Waals surface area contributed by atoms with Crippen molar-refractivity contribution >= 4 is 47.0 Å². The van der Waals surface area contributed by atoms with Gasteiger partial charge in [-0.1, -0.05) is 16.8 Å². The number of carbonyl (C=O) groups excluding carboxylic acids is 5. The molecule has 3 saturated heterocycles. The lowest BCUT2D eigenvalue weighted by Crippen LogP contribution is -2.54. The third-order valence-corrected chi connectivity index (χ3v) is 13.0. The maximum absolute atomic E-state index is 16.4. The van der Waals surface area contributed by atoms with E-state index in [1.54, 1.807) is 19.1 Å². The zero-order valence-electron chi connectivity index (χ0n) is 33.3. The number of hydrogen-bond acceptors (Lipinski definition) is 14. The first-order chi connectivity index (χ1) is 29.4. The number of anilines is 1. The Hall–Kier alpha value is -5.85. The monoisotopic (exact) mass is 854 g/mol. The van der Waals surface area contributed by atoms with Gasteiger partial charge in [0.05, 0.1) is 34.2 Å². The minimum Gasteiger partial charge on any atom is -0.490 e. The quantitative estimate of drug-likeness (QED) is 0.176. The van der Waals surface area contributed by atoms with E-state index in [1.807, 2.05) is 12.1 Å². The van der Waals surface area contributed by atoms with Crippen LogP contribution < -0.4 is 31.3 Å². The third-order valence-electron chi connectivity index (χ3n) is 12.7. The molecule has 1 aliphatic carbocycles. The number of aromatic nitrogens is 4. The Labute approximate surface area is 354 Å². The van der Waals surface area contributed by atoms with E-state index in [0.29, 0.717) is 79.4 Å². The van der Waals surface area contributed by atoms with Crippen molar-refractivity contribution < 1.29 is 37.6 Å². The molecule has 17 nitrogen and oxygen atoms in total. The minimum atomic E-state index is -0.983. The van der Waals surface area contributed by atoms with E-state index in [4.69, 9.17) is 26.6 Å². The molecule has 2 aromatic carbocycles. The summed E-state index contributed by atoms with van der Waals surface area (Å²) in [4.78, 5) is 72.5. The lowest BCUT2D eigenvalue weighted by molar-refractivity contribution is -0.134. The fraction of sp³-hybridized carbons (Fsp3) is 0.452. The Morgan fingerprint density at radius 1 is 0.934 bits per heavy atom. The van der Waals surface area contributed by atoms with E-state index in [2.05, 4.69) is 46.1 Å². The second-order valence-corrected chi connectivity index (χ2v) is 16.7. The molecule has 5 aliphatic rings. The van der Waals surface area contributed by atoms with Crippen LogP contribution in [0.5, 0.6) is 5.75 Å². The molecule has 0 bridgehead atoms. The maximum atomic E-state index is 16.4. The molecule has 19 heteroatoms. The molecular weight excluding hydrogens is 811 g/mol. The Kier molecular flexibility index (Phi) is 11.0. The smallest absolute Gasteiger partial charge is 0.269 e. The lowest BCUT2D eigenvalue weighted by Gasteiger charge is -2.46. The van der Waals surface area contributed by atoms with Crippen molar-refractivity contribution in [3.05, 3.63) is 80.6 Å². The standard InChI is InChI=1S/C42H44ClFN10O7/c1-20-47-39(52-61-20)25-7-6-24(16-29(25)43)60-23-4-2-21(3-5-23)27-18-32(50-51-37(27)38(45)56)53-13-10-22(11-14-53)54-15-12-46-19-31(54)36-30(44)17-28-35(42(59)49-41(28)58)34(36)26-8-9-33(55)48-40(26)57/h6-7,16-18,21-23,26,31,46H,2-5,8-15,19H2,1H3,(H2,45,56)(H,48,55,57)(H,49,58,59). The van der Waals surface area contributed by atoms with Crippen LogP contribution in [-0.2, 0) is 9.59 Å². The zero-order chi connectivity index (χ0) is 42.5. The Bertz CT molecular complexity index is 2450. The average Bonchev–Trinajstić information content (AvgIpc) is 3.81. The van der Waals surface area contributed by atoms with Crippen LogP contribution in [0.2, 0.25) is 5.02 Å². The number of nitrogens with one attached hydrogen (secondary N) is 3. The summed E-state index contributed by atoms with van der Waals surface area (Å²) in [6.45, 7) is 4.49. The molecule has 5 amide bonds. The summed E-state index contributed by atoms with van der Waals surface area (Å²) in [7, 11) is 0. The van der Waals surface area contributed by atoms with Gasteiger partial charge in [-0.15, -0.1) is 10.2 Å². The van der Waals surface area contributed by atoms with Crippen LogP contribution in [-0.4, -0.2) is 99.6 Å². The van der Waals surface area contributed by atoms with E-state index in [9.17, 15) is 24.0 Å². The highest BCUT2D eigenvalue weighted by molar-refractivity contribution is 6.33. The number of hydrogen-bond donors (Lipinski definition) is 4. The van der Waals surface area contributed by atoms with E-state index < -0.39 is 47.3 Å². The van der Waals surface area contributed by atoms with Gasteiger partial charge in [0.2, 0.25) is 23.5 Å². The number of piperidine rings is 2. The molecule has 0 spiro atoms. The molecule has 4 fully saturated rings. The summed E-state index contributed by atoms with van der Waals surface area (Å²) in [5, 5.41) is 21.1. The average molecular weight is 855 g/mol. The predicted molar refractivity (Wildman–Crippen MR) is 217 cm³/mol. The van der Waals surface area contributed by atoms with Gasteiger partial charge in [-0.05, 0) is 92.3 Å². The van der Waals surface area contributed by atoms with Gasteiger partial charge in [-0.25, -0.2) is 4.39 Å². The summed E-state index contributed by atoms with van der Waals surface area (Å²) < 4.78 is 27.8. The van der Waals surface area contributed by atoms with Crippen LogP contribution in [0.15, 0.2) is 34.9 Å². The summed E-state index contributed by atoms with van der Waals surface area (Å²) in [6.07, 6.45) is 4.38. The summed E-state index contributed by atoms with van der Waals surface area (Å²) in [5.74, 6) is -2.61. The lowest BCUT2D eigenvalue weighted by atomic mass is 9.79. The molecule has 9 rings (SSSR count). The highest BCUT2D eigenvalue weighted by atomic mass is 35.5. The Balaban J connectivity index is 0.894. The van der Waals surface area contributed by atoms with Gasteiger partial charge in [0.15, 0.2) is 11.5 Å². The number of ether oxygens (including phenoxy) is 1. The van der Waals surface area contributed by atoms with Crippen LogP contribution in [0.4, 0.5) is 10.2 Å². The highest BCUT2D eigenvalue weighted by Crippen LogP contribution is 2.43. The van der Waals surface area contributed by atoms with Crippen molar-refractivity contribution in [3.8, 4) is 17.1 Å². The number of primary amides is 1. The van der Waals surface area contributed by atoms with Crippen molar-refractivity contribution in [2.45, 2.75) is 88.3 Å². The fourth-order valence-corrected chi connectivity index (χ4v) is 10.0. The van der Waals surface area contributed by atoms with Gasteiger partial charge in [0.1, 0.15) is 11.6 Å². The predicted octanol–water partition coefficient (Wildman–Crippen LogP) is 3.85. The van der Waals surface area contributed by atoms with E-state index in [1.165, 1.54) is 0 Å². The number of fused-ring (bicyclic) bond motifs is 1. The molecule has 2 aromatic heterocycles. The van der Waals surface area contributed by atoms with Crippen molar-refractivity contribution in [3.63, 3.8) is 0 Å². The first-order valence-corrected chi connectivity index (χ1v) is 21.0. The number of halogens is 2. The normalized spacial score (nSPS) is 23.8. The molecule has 2 unspecified atom stereocenters. The first kappa shape index (κ1) is 40.6. The van der Waals surface area contributed by atoms with Gasteiger partial charge in [-0.3, -0.25) is 39.5 Å². The van der Waals surface area contributed by atoms with Gasteiger partial charge in [0.25, 0.3) is 17.7 Å². The SMILES string of the molecule is Cc1nc(-c2ccc(OC3CCC(c4cc(N5CCC(N6CCNCC6c6c(F)cc7c(c6C6CCC(=O)NC6=O)C(=O)NC7=O)CC5)nnc4C(N)=O)CC3)cc2Cl)no1. The van der Waals surface area contributed by atoms with Gasteiger partial charge in [0, 0.05) is 63.2 Å². The number of amides is 5. The van der Waals surface area contributed by atoms with E-state index >= 15 is 4.39 Å². The Morgan fingerprint density at radius 3 is 2.43 bits per heavy atom. The van der Waals surface area contributed by atoms with Crippen LogP contribution >= 0.6 is 11.6 Å². The number of benzene rings is 2. The Morgan fingerprint density at radius 2 is 1.72 bits per heavy atom.